The maximum absolute atomic E-state index is 11.6. The number of carbonyl (C=O) groups excluding carboxylic acids is 1. The molecule has 0 aromatic carbocycles. The number of hydrogen-bond acceptors (Lipinski definition) is 1. The van der Waals surface area contributed by atoms with Crippen LogP contribution in [0.25, 0.3) is 0 Å². The van der Waals surface area contributed by atoms with Crippen molar-refractivity contribution in [2.75, 3.05) is 0 Å². The van der Waals surface area contributed by atoms with Crippen molar-refractivity contribution in [1.29, 1.82) is 0 Å². The van der Waals surface area contributed by atoms with Gasteiger partial charge in [0, 0.05) is 12.8 Å². The van der Waals surface area contributed by atoms with Crippen LogP contribution in [-0.2, 0) is 4.79 Å². The van der Waals surface area contributed by atoms with Gasteiger partial charge in [0.2, 0.25) is 0 Å². The molecule has 1 nitrogen and oxygen atoms in total. The van der Waals surface area contributed by atoms with Crippen LogP contribution in [0.15, 0.2) is 12.2 Å². The standard InChI is InChI=1S/C17H30O/c18-17-15-13-11-9-7-5-3-1-2-4-6-8-10-12-14-16-17/h1,3H,2,4-16H2. The molecule has 0 bridgehead atoms. The monoisotopic (exact) mass is 250 g/mol. The molecule has 1 heteroatoms. The summed E-state index contributed by atoms with van der Waals surface area (Å²) in [4.78, 5) is 11.6. The summed E-state index contributed by atoms with van der Waals surface area (Å²) in [5, 5.41) is 0. The van der Waals surface area contributed by atoms with Crippen molar-refractivity contribution in [3.8, 4) is 0 Å². The lowest BCUT2D eigenvalue weighted by atomic mass is 10.0. The van der Waals surface area contributed by atoms with Crippen LogP contribution in [0.5, 0.6) is 0 Å². The summed E-state index contributed by atoms with van der Waals surface area (Å²) < 4.78 is 0. The van der Waals surface area contributed by atoms with Crippen molar-refractivity contribution >= 4 is 5.78 Å². The van der Waals surface area contributed by atoms with Crippen molar-refractivity contribution in [3.63, 3.8) is 0 Å². The number of allylic oxidation sites excluding steroid dienone is 2. The normalized spacial score (nSPS) is 22.6. The van der Waals surface area contributed by atoms with Gasteiger partial charge in [0.1, 0.15) is 5.78 Å². The molecule has 0 fully saturated rings. The molecule has 0 unspecified atom stereocenters. The van der Waals surface area contributed by atoms with E-state index in [1.165, 1.54) is 64.2 Å². The molecule has 0 atom stereocenters. The Kier molecular flexibility index (Phi) is 9.88. The number of hydrogen-bond donors (Lipinski definition) is 0. The van der Waals surface area contributed by atoms with Crippen LogP contribution in [0.4, 0.5) is 0 Å². The van der Waals surface area contributed by atoms with Crippen LogP contribution in [0, 0.1) is 0 Å². The SMILES string of the molecule is O=C1CCCCCCC=CCCCCCCCC1. The minimum absolute atomic E-state index is 0.499. The van der Waals surface area contributed by atoms with Gasteiger partial charge in [0.05, 0.1) is 0 Å². The molecule has 0 radical (unpaired) electrons. The van der Waals surface area contributed by atoms with Crippen LogP contribution < -0.4 is 0 Å². The molecule has 0 aliphatic heterocycles. The summed E-state index contributed by atoms with van der Waals surface area (Å²) in [5.74, 6) is 0.499. The van der Waals surface area contributed by atoms with Crippen LogP contribution in [0.3, 0.4) is 0 Å². The molecule has 0 aromatic heterocycles. The van der Waals surface area contributed by atoms with E-state index in [2.05, 4.69) is 12.2 Å². The van der Waals surface area contributed by atoms with E-state index in [0.29, 0.717) is 5.78 Å². The zero-order valence-corrected chi connectivity index (χ0v) is 12.0. The highest BCUT2D eigenvalue weighted by Gasteiger charge is 2.01. The molecule has 0 N–H and O–H groups in total. The Hall–Kier alpha value is -0.590. The second kappa shape index (κ2) is 11.5. The van der Waals surface area contributed by atoms with Gasteiger partial charge in [-0.2, -0.15) is 0 Å². The smallest absolute Gasteiger partial charge is 0.132 e. The van der Waals surface area contributed by atoms with E-state index in [1.807, 2.05) is 0 Å². The van der Waals surface area contributed by atoms with E-state index in [4.69, 9.17) is 0 Å². The number of carbonyl (C=O) groups is 1. The van der Waals surface area contributed by atoms with Gasteiger partial charge in [-0.15, -0.1) is 0 Å². The molecular formula is C17H30O. The highest BCUT2D eigenvalue weighted by molar-refractivity contribution is 5.78. The van der Waals surface area contributed by atoms with Gasteiger partial charge in [0.15, 0.2) is 0 Å². The fraction of sp³-hybridized carbons (Fsp3) is 0.824. The summed E-state index contributed by atoms with van der Waals surface area (Å²) in [6.07, 6.45) is 21.5. The first kappa shape index (κ1) is 15.5. The third-order valence-corrected chi connectivity index (χ3v) is 3.82. The Morgan fingerprint density at radius 2 is 0.944 bits per heavy atom. The van der Waals surface area contributed by atoms with Crippen LogP contribution in [0.1, 0.15) is 89.9 Å². The summed E-state index contributed by atoms with van der Waals surface area (Å²) in [6.45, 7) is 0. The number of rotatable bonds is 0. The van der Waals surface area contributed by atoms with Crippen molar-refractivity contribution in [3.05, 3.63) is 12.2 Å². The van der Waals surface area contributed by atoms with E-state index >= 15 is 0 Å². The van der Waals surface area contributed by atoms with Crippen molar-refractivity contribution < 1.29 is 4.79 Å². The fourth-order valence-corrected chi connectivity index (χ4v) is 2.59. The van der Waals surface area contributed by atoms with Gasteiger partial charge < -0.3 is 0 Å². The second-order valence-electron chi connectivity index (χ2n) is 5.62. The third kappa shape index (κ3) is 9.44. The van der Waals surface area contributed by atoms with E-state index in [-0.39, 0.29) is 0 Å². The third-order valence-electron chi connectivity index (χ3n) is 3.82. The van der Waals surface area contributed by atoms with E-state index in [9.17, 15) is 4.79 Å². The van der Waals surface area contributed by atoms with Gasteiger partial charge in [-0.05, 0) is 38.5 Å². The predicted molar refractivity (Wildman–Crippen MR) is 78.8 cm³/mol. The average molecular weight is 250 g/mol. The summed E-state index contributed by atoms with van der Waals surface area (Å²) in [5.41, 5.74) is 0. The van der Waals surface area contributed by atoms with E-state index in [1.54, 1.807) is 0 Å². The molecule has 0 saturated carbocycles. The van der Waals surface area contributed by atoms with E-state index < -0.39 is 0 Å². The lowest BCUT2D eigenvalue weighted by molar-refractivity contribution is -0.119. The molecule has 18 heavy (non-hydrogen) atoms. The number of ketones is 1. The highest BCUT2D eigenvalue weighted by Crippen LogP contribution is 2.12. The van der Waals surface area contributed by atoms with Crippen molar-refractivity contribution in [2.45, 2.75) is 89.9 Å². The Morgan fingerprint density at radius 3 is 1.44 bits per heavy atom. The topological polar surface area (TPSA) is 17.1 Å². The molecule has 0 aromatic rings. The summed E-state index contributed by atoms with van der Waals surface area (Å²) in [6, 6.07) is 0. The molecule has 0 spiro atoms. The first-order chi connectivity index (χ1) is 8.89. The van der Waals surface area contributed by atoms with Crippen molar-refractivity contribution in [2.24, 2.45) is 0 Å². The Labute approximate surface area is 113 Å². The zero-order valence-electron chi connectivity index (χ0n) is 12.0. The molecule has 104 valence electrons. The molecular weight excluding hydrogens is 220 g/mol. The first-order valence-electron chi connectivity index (χ1n) is 8.06. The average Bonchev–Trinajstić information content (AvgIpc) is 2.37. The van der Waals surface area contributed by atoms with Gasteiger partial charge in [-0.25, -0.2) is 0 Å². The Balaban J connectivity index is 2.17. The van der Waals surface area contributed by atoms with E-state index in [0.717, 1.165) is 25.7 Å². The second-order valence-corrected chi connectivity index (χ2v) is 5.62. The highest BCUT2D eigenvalue weighted by atomic mass is 16.1. The molecule has 0 saturated heterocycles. The molecule has 1 rings (SSSR count). The summed E-state index contributed by atoms with van der Waals surface area (Å²) >= 11 is 0. The Bertz CT molecular complexity index is 230. The van der Waals surface area contributed by atoms with Crippen LogP contribution in [0.2, 0.25) is 0 Å². The minimum Gasteiger partial charge on any atom is -0.300 e. The Morgan fingerprint density at radius 1 is 0.556 bits per heavy atom. The fourth-order valence-electron chi connectivity index (χ4n) is 2.59. The number of Topliss-reactive ketones (excluding diaryl/α,β-unsaturated/α-hetero) is 1. The van der Waals surface area contributed by atoms with Gasteiger partial charge >= 0.3 is 0 Å². The van der Waals surface area contributed by atoms with Crippen molar-refractivity contribution in [1.82, 2.24) is 0 Å². The maximum Gasteiger partial charge on any atom is 0.132 e. The lowest BCUT2D eigenvalue weighted by Gasteiger charge is -2.02. The van der Waals surface area contributed by atoms with Crippen LogP contribution in [-0.4, -0.2) is 5.78 Å². The molecule has 1 aliphatic rings. The molecule has 1 aliphatic carbocycles. The molecule has 0 amide bonds. The zero-order chi connectivity index (χ0) is 12.9. The summed E-state index contributed by atoms with van der Waals surface area (Å²) in [7, 11) is 0. The van der Waals surface area contributed by atoms with Gasteiger partial charge in [-0.3, -0.25) is 4.79 Å². The predicted octanol–water partition coefficient (Wildman–Crippen LogP) is 5.59. The van der Waals surface area contributed by atoms with Gasteiger partial charge in [-0.1, -0.05) is 50.7 Å². The quantitative estimate of drug-likeness (QED) is 0.512. The van der Waals surface area contributed by atoms with Crippen LogP contribution >= 0.6 is 0 Å². The molecule has 0 heterocycles. The van der Waals surface area contributed by atoms with Gasteiger partial charge in [0.25, 0.3) is 0 Å². The lowest BCUT2D eigenvalue weighted by Crippen LogP contribution is -1.97. The largest absolute Gasteiger partial charge is 0.300 e. The maximum atomic E-state index is 11.6. The minimum atomic E-state index is 0.499. The first-order valence-corrected chi connectivity index (χ1v) is 8.06.